The zero-order chi connectivity index (χ0) is 22.7. The number of aliphatic hydroxyl groups excluding tert-OH is 1. The molecule has 1 atom stereocenters. The number of carbonyl (C=O) groups excluding carboxylic acids is 2. The summed E-state index contributed by atoms with van der Waals surface area (Å²) in [7, 11) is 3.93. The molecule has 6 nitrogen and oxygen atoms in total. The minimum absolute atomic E-state index is 0.102. The second-order valence-corrected chi connectivity index (χ2v) is 9.05. The Morgan fingerprint density at radius 3 is 2.65 bits per heavy atom. The van der Waals surface area contributed by atoms with Crippen LogP contribution in [0.25, 0.3) is 5.76 Å². The SMILES string of the molecule is CCOc1cc(/C(O)=C2/C(=O)C(=O)N(CCCN(C)C)C2c2sccc2C)ccc1Cl. The topological polar surface area (TPSA) is 70.1 Å². The predicted molar refractivity (Wildman–Crippen MR) is 124 cm³/mol. The fourth-order valence-corrected chi connectivity index (χ4v) is 4.90. The average Bonchev–Trinajstić information content (AvgIpc) is 3.25. The molecule has 1 saturated heterocycles. The van der Waals surface area contributed by atoms with E-state index in [1.165, 1.54) is 11.3 Å². The number of thiophene rings is 1. The van der Waals surface area contributed by atoms with Crippen molar-refractivity contribution in [2.45, 2.75) is 26.3 Å². The Labute approximate surface area is 191 Å². The van der Waals surface area contributed by atoms with Gasteiger partial charge in [0.25, 0.3) is 11.7 Å². The van der Waals surface area contributed by atoms with Crippen molar-refractivity contribution >= 4 is 40.4 Å². The molecule has 1 aliphatic rings. The lowest BCUT2D eigenvalue weighted by molar-refractivity contribution is -0.139. The van der Waals surface area contributed by atoms with Crippen LogP contribution in [0.3, 0.4) is 0 Å². The second-order valence-electron chi connectivity index (χ2n) is 7.70. The van der Waals surface area contributed by atoms with Crippen molar-refractivity contribution in [2.24, 2.45) is 0 Å². The molecular formula is C23H27ClN2O4S. The highest BCUT2D eigenvalue weighted by Crippen LogP contribution is 2.43. The molecule has 0 bridgehead atoms. The molecule has 31 heavy (non-hydrogen) atoms. The number of hydrogen-bond donors (Lipinski definition) is 1. The summed E-state index contributed by atoms with van der Waals surface area (Å²) < 4.78 is 5.52. The number of ketones is 1. The standard InChI is InChI=1S/C23H27ClN2O4S/c1-5-30-17-13-15(7-8-16(17)24)20(27)18-19(22-14(2)9-12-31-22)26(23(29)21(18)28)11-6-10-25(3)4/h7-9,12-13,19,27H,5-6,10-11H2,1-4H3/b20-18-. The number of rotatable bonds is 8. The summed E-state index contributed by atoms with van der Waals surface area (Å²) in [4.78, 5) is 30.5. The highest BCUT2D eigenvalue weighted by molar-refractivity contribution is 7.10. The lowest BCUT2D eigenvalue weighted by Gasteiger charge is -2.25. The number of Topliss-reactive ketones (excluding diaryl/α,β-unsaturated/α-hetero) is 1. The fourth-order valence-electron chi connectivity index (χ4n) is 3.68. The molecule has 1 unspecified atom stereocenters. The van der Waals surface area contributed by atoms with Gasteiger partial charge in [-0.05, 0) is 76.1 Å². The van der Waals surface area contributed by atoms with Gasteiger partial charge in [0.05, 0.1) is 23.2 Å². The molecule has 0 spiro atoms. The number of hydrogen-bond acceptors (Lipinski definition) is 6. The molecular weight excluding hydrogens is 436 g/mol. The van der Waals surface area contributed by atoms with E-state index in [0.29, 0.717) is 29.5 Å². The molecule has 0 aliphatic carbocycles. The molecule has 0 radical (unpaired) electrons. The van der Waals surface area contributed by atoms with Gasteiger partial charge in [0.15, 0.2) is 0 Å². The maximum absolute atomic E-state index is 13.0. The van der Waals surface area contributed by atoms with E-state index in [4.69, 9.17) is 16.3 Å². The van der Waals surface area contributed by atoms with Crippen LogP contribution in [0.2, 0.25) is 5.02 Å². The number of likely N-dealkylation sites (tertiary alicyclic amines) is 1. The van der Waals surface area contributed by atoms with Gasteiger partial charge in [0, 0.05) is 17.0 Å². The Kier molecular flexibility index (Phi) is 7.41. The van der Waals surface area contributed by atoms with E-state index in [-0.39, 0.29) is 11.3 Å². The van der Waals surface area contributed by atoms with Gasteiger partial charge in [-0.15, -0.1) is 11.3 Å². The van der Waals surface area contributed by atoms with Gasteiger partial charge in [-0.3, -0.25) is 9.59 Å². The van der Waals surface area contributed by atoms with Crippen molar-refractivity contribution in [3.8, 4) is 5.75 Å². The van der Waals surface area contributed by atoms with Gasteiger partial charge < -0.3 is 19.6 Å². The second kappa shape index (κ2) is 9.85. The molecule has 2 heterocycles. The van der Waals surface area contributed by atoms with Crippen LogP contribution in [0, 0.1) is 6.92 Å². The molecule has 2 aromatic rings. The molecule has 1 aromatic heterocycles. The van der Waals surface area contributed by atoms with Gasteiger partial charge in [0.1, 0.15) is 11.5 Å². The number of aryl methyl sites for hydroxylation is 1. The summed E-state index contributed by atoms with van der Waals surface area (Å²) in [6, 6.07) is 6.17. The molecule has 8 heteroatoms. The Bertz CT molecular complexity index is 1010. The summed E-state index contributed by atoms with van der Waals surface area (Å²) in [6.07, 6.45) is 0.719. The maximum atomic E-state index is 13.0. The minimum atomic E-state index is -0.673. The Balaban J connectivity index is 2.10. The Morgan fingerprint density at radius 2 is 2.03 bits per heavy atom. The quantitative estimate of drug-likeness (QED) is 0.356. The van der Waals surface area contributed by atoms with Gasteiger partial charge in [-0.2, -0.15) is 0 Å². The Hall–Kier alpha value is -2.35. The Morgan fingerprint density at radius 1 is 1.29 bits per heavy atom. The van der Waals surface area contributed by atoms with E-state index >= 15 is 0 Å². The van der Waals surface area contributed by atoms with E-state index in [1.807, 2.05) is 44.3 Å². The molecule has 1 amide bonds. The predicted octanol–water partition coefficient (Wildman–Crippen LogP) is 4.48. The van der Waals surface area contributed by atoms with Gasteiger partial charge in [0.2, 0.25) is 0 Å². The number of halogens is 1. The van der Waals surface area contributed by atoms with Gasteiger partial charge >= 0.3 is 0 Å². The third kappa shape index (κ3) is 4.79. The molecule has 1 aliphatic heterocycles. The number of carbonyl (C=O) groups is 2. The first-order valence-electron chi connectivity index (χ1n) is 10.2. The maximum Gasteiger partial charge on any atom is 0.295 e. The number of ether oxygens (including phenoxy) is 1. The highest BCUT2D eigenvalue weighted by atomic mass is 35.5. The third-order valence-electron chi connectivity index (χ3n) is 5.20. The van der Waals surface area contributed by atoms with Crippen LogP contribution in [0.15, 0.2) is 35.2 Å². The van der Waals surface area contributed by atoms with Crippen LogP contribution in [0.4, 0.5) is 0 Å². The summed E-state index contributed by atoms with van der Waals surface area (Å²) >= 11 is 7.65. The first-order valence-corrected chi connectivity index (χ1v) is 11.4. The smallest absolute Gasteiger partial charge is 0.295 e. The lowest BCUT2D eigenvalue weighted by atomic mass is 9.98. The van der Waals surface area contributed by atoms with Gasteiger partial charge in [-0.1, -0.05) is 11.6 Å². The molecule has 1 aromatic carbocycles. The van der Waals surface area contributed by atoms with Crippen LogP contribution in [0.5, 0.6) is 5.75 Å². The van der Waals surface area contributed by atoms with E-state index < -0.39 is 17.7 Å². The summed E-state index contributed by atoms with van der Waals surface area (Å²) in [5.41, 5.74) is 1.47. The number of nitrogens with zero attached hydrogens (tertiary/aromatic N) is 2. The van der Waals surface area contributed by atoms with E-state index in [0.717, 1.165) is 23.4 Å². The molecule has 166 valence electrons. The van der Waals surface area contributed by atoms with Crippen LogP contribution in [-0.2, 0) is 9.59 Å². The summed E-state index contributed by atoms with van der Waals surface area (Å²) in [5, 5.41) is 13.5. The van der Waals surface area contributed by atoms with Crippen molar-refractivity contribution in [1.82, 2.24) is 9.80 Å². The van der Waals surface area contributed by atoms with Crippen molar-refractivity contribution in [3.05, 3.63) is 56.2 Å². The third-order valence-corrected chi connectivity index (χ3v) is 6.58. The van der Waals surface area contributed by atoms with Crippen LogP contribution < -0.4 is 4.74 Å². The minimum Gasteiger partial charge on any atom is -0.507 e. The average molecular weight is 463 g/mol. The highest BCUT2D eigenvalue weighted by Gasteiger charge is 2.46. The van der Waals surface area contributed by atoms with E-state index in [9.17, 15) is 14.7 Å². The number of benzene rings is 1. The van der Waals surface area contributed by atoms with E-state index in [1.54, 1.807) is 23.1 Å². The molecule has 1 fully saturated rings. The van der Waals surface area contributed by atoms with Gasteiger partial charge in [-0.25, -0.2) is 0 Å². The number of aliphatic hydroxyl groups is 1. The molecule has 1 N–H and O–H groups in total. The van der Waals surface area contributed by atoms with Crippen molar-refractivity contribution in [3.63, 3.8) is 0 Å². The lowest BCUT2D eigenvalue weighted by Crippen LogP contribution is -2.32. The normalized spacial score (nSPS) is 18.3. The largest absolute Gasteiger partial charge is 0.507 e. The van der Waals surface area contributed by atoms with Crippen molar-refractivity contribution < 1.29 is 19.4 Å². The molecule has 0 saturated carbocycles. The van der Waals surface area contributed by atoms with Crippen LogP contribution in [-0.4, -0.2) is 60.4 Å². The van der Waals surface area contributed by atoms with Crippen molar-refractivity contribution in [1.29, 1.82) is 0 Å². The first kappa shape index (κ1) is 23.3. The fraction of sp³-hybridized carbons (Fsp3) is 0.391. The van der Waals surface area contributed by atoms with Crippen LogP contribution in [0.1, 0.15) is 35.4 Å². The zero-order valence-electron chi connectivity index (χ0n) is 18.1. The number of amides is 1. The zero-order valence-corrected chi connectivity index (χ0v) is 19.7. The first-order chi connectivity index (χ1) is 14.8. The summed E-state index contributed by atoms with van der Waals surface area (Å²) in [6.45, 7) is 5.40. The molecule has 3 rings (SSSR count). The summed E-state index contributed by atoms with van der Waals surface area (Å²) in [5.74, 6) is -1.06. The monoisotopic (exact) mass is 462 g/mol. The van der Waals surface area contributed by atoms with E-state index in [2.05, 4.69) is 0 Å². The van der Waals surface area contributed by atoms with Crippen molar-refractivity contribution in [2.75, 3.05) is 33.8 Å². The van der Waals surface area contributed by atoms with Crippen LogP contribution >= 0.6 is 22.9 Å².